The molecule has 2 amide bonds. The highest BCUT2D eigenvalue weighted by atomic mass is 32.1. The Morgan fingerprint density at radius 1 is 1.71 bits per heavy atom. The summed E-state index contributed by atoms with van der Waals surface area (Å²) in [5.74, 6) is -0.627. The highest BCUT2D eigenvalue weighted by molar-refractivity contribution is 7.13. The smallest absolute Gasteiger partial charge is 0.245 e. The number of nitrogen functional groups attached to an aromatic ring is 1. The maximum Gasteiger partial charge on any atom is 0.245 e. The number of carbonyl (C=O) groups excluding carboxylic acids is 2. The first-order valence-corrected chi connectivity index (χ1v) is 5.94. The van der Waals surface area contributed by atoms with Crippen LogP contribution in [0.25, 0.3) is 0 Å². The molecule has 1 saturated heterocycles. The summed E-state index contributed by atoms with van der Waals surface area (Å²) in [7, 11) is 0. The van der Waals surface area contributed by atoms with E-state index in [1.165, 1.54) is 11.3 Å². The van der Waals surface area contributed by atoms with Gasteiger partial charge >= 0.3 is 0 Å². The molecule has 0 radical (unpaired) electrons. The minimum absolute atomic E-state index is 0.0702. The fraction of sp³-hybridized carbons (Fsp3) is 0.444. The fourth-order valence-electron chi connectivity index (χ4n) is 1.54. The summed E-state index contributed by atoms with van der Waals surface area (Å²) in [6.07, 6.45) is 0. The molecule has 1 aromatic rings. The van der Waals surface area contributed by atoms with Crippen molar-refractivity contribution >= 4 is 28.3 Å². The van der Waals surface area contributed by atoms with E-state index >= 15 is 0 Å². The van der Waals surface area contributed by atoms with Crippen LogP contribution in [0.5, 0.6) is 0 Å². The Bertz CT molecular complexity index is 460. The minimum Gasteiger partial charge on any atom is -0.375 e. The lowest BCUT2D eigenvalue weighted by Gasteiger charge is -2.34. The first kappa shape index (κ1) is 11.8. The summed E-state index contributed by atoms with van der Waals surface area (Å²) >= 11 is 1.22. The second-order valence-corrected chi connectivity index (χ2v) is 4.76. The topological polar surface area (TPSA) is 123 Å². The molecular formula is C9H13N5O2S. The van der Waals surface area contributed by atoms with Crippen molar-refractivity contribution in [3.63, 3.8) is 0 Å². The molecule has 0 bridgehead atoms. The Morgan fingerprint density at radius 3 is 2.88 bits per heavy atom. The molecule has 0 saturated carbocycles. The van der Waals surface area contributed by atoms with Gasteiger partial charge in [-0.05, 0) is 6.92 Å². The molecule has 0 spiro atoms. The van der Waals surface area contributed by atoms with Crippen LogP contribution in [0.4, 0.5) is 5.13 Å². The van der Waals surface area contributed by atoms with E-state index in [2.05, 4.69) is 15.6 Å². The summed E-state index contributed by atoms with van der Waals surface area (Å²) < 4.78 is 0. The molecule has 6 N–H and O–H groups in total. The lowest BCUT2D eigenvalue weighted by atomic mass is 10.0. The van der Waals surface area contributed by atoms with Gasteiger partial charge in [-0.25, -0.2) is 4.98 Å². The van der Waals surface area contributed by atoms with Crippen molar-refractivity contribution in [1.82, 2.24) is 15.6 Å². The SMILES string of the molecule is CC1NC(=O)C1NC(=O)C(N)c1csc(N)n1. The van der Waals surface area contributed by atoms with E-state index in [0.717, 1.165) is 0 Å². The zero-order valence-corrected chi connectivity index (χ0v) is 9.95. The molecule has 1 aliphatic rings. The number of nitrogens with zero attached hydrogens (tertiary/aromatic N) is 1. The average molecular weight is 255 g/mol. The van der Waals surface area contributed by atoms with Crippen LogP contribution in [0.15, 0.2) is 5.38 Å². The summed E-state index contributed by atoms with van der Waals surface area (Å²) in [5, 5.41) is 7.18. The van der Waals surface area contributed by atoms with Crippen molar-refractivity contribution in [3.8, 4) is 0 Å². The average Bonchev–Trinajstić information content (AvgIpc) is 2.71. The number of hydrogen-bond acceptors (Lipinski definition) is 6. The number of amides is 2. The molecule has 0 aromatic carbocycles. The van der Waals surface area contributed by atoms with Gasteiger partial charge in [0.15, 0.2) is 5.13 Å². The van der Waals surface area contributed by atoms with E-state index in [4.69, 9.17) is 11.5 Å². The predicted octanol–water partition coefficient (Wildman–Crippen LogP) is -1.27. The van der Waals surface area contributed by atoms with Crippen molar-refractivity contribution in [1.29, 1.82) is 0 Å². The van der Waals surface area contributed by atoms with Gasteiger partial charge in [0.2, 0.25) is 11.8 Å². The van der Waals surface area contributed by atoms with Crippen molar-refractivity contribution in [2.24, 2.45) is 5.73 Å². The second-order valence-electron chi connectivity index (χ2n) is 3.87. The van der Waals surface area contributed by atoms with Gasteiger partial charge in [-0.15, -0.1) is 11.3 Å². The summed E-state index contributed by atoms with van der Waals surface area (Å²) in [4.78, 5) is 26.8. The number of anilines is 1. The molecule has 7 nitrogen and oxygen atoms in total. The van der Waals surface area contributed by atoms with Crippen LogP contribution in [0.2, 0.25) is 0 Å². The van der Waals surface area contributed by atoms with Crippen molar-refractivity contribution < 1.29 is 9.59 Å². The number of nitrogens with two attached hydrogens (primary N) is 2. The van der Waals surface area contributed by atoms with E-state index in [1.807, 2.05) is 0 Å². The normalized spacial score (nSPS) is 24.7. The van der Waals surface area contributed by atoms with Gasteiger partial charge in [-0.3, -0.25) is 9.59 Å². The van der Waals surface area contributed by atoms with Gasteiger partial charge in [0.25, 0.3) is 0 Å². The standard InChI is InChI=1S/C9H13N5O2S/c1-3-6(8(16)12-3)14-7(15)5(10)4-2-17-9(11)13-4/h2-3,5-6H,10H2,1H3,(H2,11,13)(H,12,16)(H,14,15). The van der Waals surface area contributed by atoms with Crippen LogP contribution in [-0.2, 0) is 9.59 Å². The van der Waals surface area contributed by atoms with E-state index < -0.39 is 18.0 Å². The van der Waals surface area contributed by atoms with Gasteiger partial charge in [-0.2, -0.15) is 0 Å². The first-order valence-electron chi connectivity index (χ1n) is 5.06. The first-order chi connectivity index (χ1) is 7.99. The molecule has 8 heteroatoms. The van der Waals surface area contributed by atoms with Crippen LogP contribution < -0.4 is 22.1 Å². The maximum absolute atomic E-state index is 11.8. The Kier molecular flexibility index (Phi) is 2.99. The molecule has 3 atom stereocenters. The molecular weight excluding hydrogens is 242 g/mol. The molecule has 3 unspecified atom stereocenters. The van der Waals surface area contributed by atoms with E-state index in [9.17, 15) is 9.59 Å². The van der Waals surface area contributed by atoms with Crippen LogP contribution >= 0.6 is 11.3 Å². The zero-order chi connectivity index (χ0) is 12.6. The maximum atomic E-state index is 11.8. The molecule has 1 fully saturated rings. The third kappa shape index (κ3) is 2.22. The molecule has 92 valence electrons. The highest BCUT2D eigenvalue weighted by Crippen LogP contribution is 2.17. The van der Waals surface area contributed by atoms with Crippen LogP contribution in [0.3, 0.4) is 0 Å². The molecule has 0 aliphatic carbocycles. The molecule has 1 aliphatic heterocycles. The number of carbonyl (C=O) groups is 2. The third-order valence-corrected chi connectivity index (χ3v) is 3.28. The van der Waals surface area contributed by atoms with Crippen molar-refractivity contribution in [3.05, 3.63) is 11.1 Å². The van der Waals surface area contributed by atoms with Crippen LogP contribution in [-0.4, -0.2) is 28.9 Å². The van der Waals surface area contributed by atoms with E-state index in [1.54, 1.807) is 12.3 Å². The lowest BCUT2D eigenvalue weighted by Crippen LogP contribution is -2.68. The number of thiazole rings is 1. The Morgan fingerprint density at radius 2 is 2.41 bits per heavy atom. The fourth-order valence-corrected chi connectivity index (χ4v) is 2.14. The second kappa shape index (κ2) is 4.30. The number of aromatic nitrogens is 1. The number of nitrogens with one attached hydrogen (secondary N) is 2. The zero-order valence-electron chi connectivity index (χ0n) is 9.14. The van der Waals surface area contributed by atoms with Crippen LogP contribution in [0, 0.1) is 0 Å². The molecule has 1 aromatic heterocycles. The Hall–Kier alpha value is -1.67. The minimum atomic E-state index is -0.899. The van der Waals surface area contributed by atoms with Gasteiger partial charge in [0.05, 0.1) is 11.7 Å². The molecule has 17 heavy (non-hydrogen) atoms. The third-order valence-electron chi connectivity index (χ3n) is 2.59. The van der Waals surface area contributed by atoms with Crippen molar-refractivity contribution in [2.45, 2.75) is 25.0 Å². The summed E-state index contributed by atoms with van der Waals surface area (Å²) in [6, 6.07) is -1.48. The predicted molar refractivity (Wildman–Crippen MR) is 63.0 cm³/mol. The Balaban J connectivity index is 1.98. The van der Waals surface area contributed by atoms with E-state index in [0.29, 0.717) is 10.8 Å². The van der Waals surface area contributed by atoms with Gasteiger partial charge in [0.1, 0.15) is 12.1 Å². The molecule has 2 rings (SSSR count). The largest absolute Gasteiger partial charge is 0.375 e. The van der Waals surface area contributed by atoms with Gasteiger partial charge in [-0.1, -0.05) is 0 Å². The lowest BCUT2D eigenvalue weighted by molar-refractivity contribution is -0.136. The number of hydrogen-bond donors (Lipinski definition) is 4. The summed E-state index contributed by atoms with van der Waals surface area (Å²) in [6.45, 7) is 1.80. The number of rotatable bonds is 3. The van der Waals surface area contributed by atoms with E-state index in [-0.39, 0.29) is 11.9 Å². The quantitative estimate of drug-likeness (QED) is 0.501. The van der Waals surface area contributed by atoms with Crippen LogP contribution in [0.1, 0.15) is 18.7 Å². The highest BCUT2D eigenvalue weighted by Gasteiger charge is 2.38. The van der Waals surface area contributed by atoms with Gasteiger partial charge < -0.3 is 22.1 Å². The summed E-state index contributed by atoms with van der Waals surface area (Å²) in [5.41, 5.74) is 11.6. The number of β-lactam (4-membered cyclic amide) rings is 1. The molecule has 2 heterocycles. The monoisotopic (exact) mass is 255 g/mol. The van der Waals surface area contributed by atoms with Crippen molar-refractivity contribution in [2.75, 3.05) is 5.73 Å². The van der Waals surface area contributed by atoms with Gasteiger partial charge in [0, 0.05) is 5.38 Å². The Labute approximate surface area is 102 Å².